The van der Waals surface area contributed by atoms with Crippen LogP contribution in [0.3, 0.4) is 0 Å². The van der Waals surface area contributed by atoms with E-state index in [2.05, 4.69) is 9.44 Å². The van der Waals surface area contributed by atoms with E-state index in [-0.39, 0.29) is 28.4 Å². The van der Waals surface area contributed by atoms with E-state index in [1.807, 2.05) is 0 Å². The summed E-state index contributed by atoms with van der Waals surface area (Å²) in [5, 5.41) is 0. The Morgan fingerprint density at radius 2 is 1.54 bits per heavy atom. The number of hydrogen-bond donors (Lipinski definition) is 2. The van der Waals surface area contributed by atoms with Crippen molar-refractivity contribution in [3.8, 4) is 0 Å². The van der Waals surface area contributed by atoms with Crippen molar-refractivity contribution in [3.05, 3.63) is 54.1 Å². The molecule has 0 atom stereocenters. The van der Waals surface area contributed by atoms with Crippen LogP contribution in [0, 0.1) is 0 Å². The van der Waals surface area contributed by atoms with Gasteiger partial charge in [0.05, 0.1) is 34.7 Å². The minimum Gasteiger partial charge on any atom is -0.462 e. The quantitative estimate of drug-likeness (QED) is 0.689. The van der Waals surface area contributed by atoms with Crippen molar-refractivity contribution in [2.24, 2.45) is 0 Å². The molecular weight excluding hydrogens is 380 g/mol. The van der Waals surface area contributed by atoms with Crippen molar-refractivity contribution in [1.82, 2.24) is 0 Å². The van der Waals surface area contributed by atoms with Crippen LogP contribution in [0.2, 0.25) is 0 Å². The molecule has 0 aliphatic carbocycles. The van der Waals surface area contributed by atoms with Gasteiger partial charge < -0.3 is 4.74 Å². The maximum atomic E-state index is 12.4. The first-order valence-corrected chi connectivity index (χ1v) is 10.9. The molecule has 2 rings (SSSR count). The summed E-state index contributed by atoms with van der Waals surface area (Å²) in [6, 6.07) is 11.1. The predicted octanol–water partition coefficient (Wildman–Crippen LogP) is 2.04. The topological polar surface area (TPSA) is 119 Å². The van der Waals surface area contributed by atoms with E-state index in [1.54, 1.807) is 6.92 Å². The molecule has 0 radical (unpaired) electrons. The molecule has 0 spiro atoms. The van der Waals surface area contributed by atoms with E-state index >= 15 is 0 Å². The van der Waals surface area contributed by atoms with Crippen LogP contribution in [-0.4, -0.2) is 35.7 Å². The minimum atomic E-state index is -3.91. The lowest BCUT2D eigenvalue weighted by atomic mass is 10.2. The van der Waals surface area contributed by atoms with E-state index in [0.29, 0.717) is 0 Å². The highest BCUT2D eigenvalue weighted by molar-refractivity contribution is 7.92. The number of nitrogens with one attached hydrogen (secondary N) is 2. The first-order chi connectivity index (χ1) is 12.1. The second kappa shape index (κ2) is 7.75. The number of carbonyl (C=O) groups is 1. The molecular formula is C16H18N2O6S2. The average Bonchev–Trinajstić information content (AvgIpc) is 2.53. The number of ether oxygens (including phenoxy) is 1. The van der Waals surface area contributed by atoms with E-state index in [9.17, 15) is 21.6 Å². The van der Waals surface area contributed by atoms with Crippen molar-refractivity contribution in [1.29, 1.82) is 0 Å². The molecule has 0 aliphatic rings. The van der Waals surface area contributed by atoms with E-state index in [0.717, 1.165) is 6.26 Å². The van der Waals surface area contributed by atoms with Crippen molar-refractivity contribution >= 4 is 37.4 Å². The number of esters is 1. The molecule has 0 saturated heterocycles. The molecule has 0 saturated carbocycles. The van der Waals surface area contributed by atoms with Crippen LogP contribution in [0.15, 0.2) is 53.4 Å². The Labute approximate surface area is 152 Å². The smallest absolute Gasteiger partial charge is 0.338 e. The first-order valence-electron chi connectivity index (χ1n) is 7.48. The number of anilines is 2. The molecule has 2 aromatic rings. The lowest BCUT2D eigenvalue weighted by Crippen LogP contribution is -2.14. The zero-order chi connectivity index (χ0) is 19.4. The van der Waals surface area contributed by atoms with Crippen LogP contribution in [0.1, 0.15) is 17.3 Å². The molecule has 2 N–H and O–H groups in total. The summed E-state index contributed by atoms with van der Waals surface area (Å²) in [5.41, 5.74) is 0.656. The first kappa shape index (κ1) is 19.7. The van der Waals surface area contributed by atoms with Crippen LogP contribution >= 0.6 is 0 Å². The fraction of sp³-hybridized carbons (Fsp3) is 0.188. The Morgan fingerprint density at radius 3 is 2.08 bits per heavy atom. The van der Waals surface area contributed by atoms with Crippen LogP contribution in [0.25, 0.3) is 0 Å². The van der Waals surface area contributed by atoms with Crippen LogP contribution in [0.5, 0.6) is 0 Å². The minimum absolute atomic E-state index is 0.0491. The Bertz CT molecular complexity index is 999. The van der Waals surface area contributed by atoms with Crippen molar-refractivity contribution in [3.63, 3.8) is 0 Å². The highest BCUT2D eigenvalue weighted by atomic mass is 32.2. The fourth-order valence-corrected chi connectivity index (χ4v) is 3.66. The third-order valence-electron chi connectivity index (χ3n) is 3.09. The van der Waals surface area contributed by atoms with Gasteiger partial charge in [-0.2, -0.15) is 0 Å². The summed E-state index contributed by atoms with van der Waals surface area (Å²) in [6.45, 7) is 1.89. The molecule has 140 valence electrons. The Balaban J connectivity index is 2.21. The number of rotatable bonds is 7. The van der Waals surface area contributed by atoms with Crippen LogP contribution in [0.4, 0.5) is 11.4 Å². The third kappa shape index (κ3) is 5.46. The molecule has 0 aromatic heterocycles. The van der Waals surface area contributed by atoms with Gasteiger partial charge in [-0.15, -0.1) is 0 Å². The molecule has 8 nitrogen and oxygen atoms in total. The largest absolute Gasteiger partial charge is 0.462 e. The highest BCUT2D eigenvalue weighted by Crippen LogP contribution is 2.20. The summed E-state index contributed by atoms with van der Waals surface area (Å²) in [4.78, 5) is 11.6. The standard InChI is InChI=1S/C16H18N2O6S2/c1-3-24-16(19)12-7-9-15(10-8-12)26(22,23)18-14-6-4-5-13(11-14)17-25(2,20)21/h4-11,17-18H,3H2,1-2H3. The van der Waals surface area contributed by atoms with Crippen molar-refractivity contribution in [2.75, 3.05) is 22.3 Å². The van der Waals surface area contributed by atoms with Crippen LogP contribution in [-0.2, 0) is 24.8 Å². The van der Waals surface area contributed by atoms with Crippen molar-refractivity contribution < 1.29 is 26.4 Å². The SMILES string of the molecule is CCOC(=O)c1ccc(S(=O)(=O)Nc2cccc(NS(C)(=O)=O)c2)cc1. The molecule has 0 aliphatic heterocycles. The zero-order valence-corrected chi connectivity index (χ0v) is 15.7. The molecule has 10 heteroatoms. The Hall–Kier alpha value is -2.59. The van der Waals surface area contributed by atoms with E-state index in [4.69, 9.17) is 4.74 Å². The molecule has 0 fully saturated rings. The van der Waals surface area contributed by atoms with Gasteiger partial charge in [0.25, 0.3) is 10.0 Å². The zero-order valence-electron chi connectivity index (χ0n) is 14.1. The van der Waals surface area contributed by atoms with Gasteiger partial charge in [0.2, 0.25) is 10.0 Å². The van der Waals surface area contributed by atoms with Crippen LogP contribution < -0.4 is 9.44 Å². The van der Waals surface area contributed by atoms with Gasteiger partial charge in [-0.3, -0.25) is 9.44 Å². The fourth-order valence-electron chi connectivity index (χ4n) is 2.06. The number of benzene rings is 2. The molecule has 0 bridgehead atoms. The van der Waals surface area contributed by atoms with Crippen molar-refractivity contribution in [2.45, 2.75) is 11.8 Å². The van der Waals surface area contributed by atoms with Gasteiger partial charge >= 0.3 is 5.97 Å². The maximum absolute atomic E-state index is 12.4. The molecule has 0 unspecified atom stereocenters. The van der Waals surface area contributed by atoms with Gasteiger partial charge in [0, 0.05) is 0 Å². The van der Waals surface area contributed by atoms with Gasteiger partial charge in [-0.25, -0.2) is 21.6 Å². The monoisotopic (exact) mass is 398 g/mol. The Morgan fingerprint density at radius 1 is 0.962 bits per heavy atom. The second-order valence-electron chi connectivity index (χ2n) is 5.31. The van der Waals surface area contributed by atoms with Gasteiger partial charge in [-0.1, -0.05) is 6.07 Å². The van der Waals surface area contributed by atoms with Gasteiger partial charge in [-0.05, 0) is 49.4 Å². The number of sulfonamides is 2. The average molecular weight is 398 g/mol. The lowest BCUT2D eigenvalue weighted by Gasteiger charge is -2.10. The lowest BCUT2D eigenvalue weighted by molar-refractivity contribution is 0.0526. The summed E-state index contributed by atoms with van der Waals surface area (Å²) in [6.07, 6.45) is 0.995. The number of carbonyl (C=O) groups excluding carboxylic acids is 1. The van der Waals surface area contributed by atoms with E-state index in [1.165, 1.54) is 48.5 Å². The normalized spacial score (nSPS) is 11.6. The molecule has 0 heterocycles. The third-order valence-corrected chi connectivity index (χ3v) is 5.10. The number of hydrogen-bond acceptors (Lipinski definition) is 6. The maximum Gasteiger partial charge on any atom is 0.338 e. The molecule has 0 amide bonds. The van der Waals surface area contributed by atoms with Gasteiger partial charge in [0.1, 0.15) is 0 Å². The molecule has 26 heavy (non-hydrogen) atoms. The molecule has 2 aromatic carbocycles. The second-order valence-corrected chi connectivity index (χ2v) is 8.74. The summed E-state index contributed by atoms with van der Waals surface area (Å²) in [5.74, 6) is -0.538. The van der Waals surface area contributed by atoms with E-state index < -0.39 is 26.0 Å². The van der Waals surface area contributed by atoms with Gasteiger partial charge in [0.15, 0.2) is 0 Å². The Kier molecular flexibility index (Phi) is 5.88. The summed E-state index contributed by atoms with van der Waals surface area (Å²) in [7, 11) is -7.39. The summed E-state index contributed by atoms with van der Waals surface area (Å²) < 4.78 is 56.9. The summed E-state index contributed by atoms with van der Waals surface area (Å²) >= 11 is 0. The highest BCUT2D eigenvalue weighted by Gasteiger charge is 2.16. The predicted molar refractivity (Wildman–Crippen MR) is 98.1 cm³/mol.